The van der Waals surface area contributed by atoms with Crippen molar-refractivity contribution in [2.45, 2.75) is 25.6 Å². The standard InChI is InChI=1S/C21H25F3N4O2/c1-13-26-18(19(30-13)21(22,23)24)20(29)28-11-15-9-27(10-16(15)12-28)8-7-17(25)14-5-3-2-4-6-14/h2-6,15-17H,7-12,25H2,1H3/t15?,16?,17-/m0/s1. The molecule has 0 radical (unpaired) electrons. The molecule has 2 N–H and O–H groups in total. The van der Waals surface area contributed by atoms with Crippen LogP contribution in [0.3, 0.4) is 0 Å². The Balaban J connectivity index is 1.32. The van der Waals surface area contributed by atoms with E-state index in [1.807, 2.05) is 30.3 Å². The molecule has 2 saturated heterocycles. The summed E-state index contributed by atoms with van der Waals surface area (Å²) in [7, 11) is 0. The summed E-state index contributed by atoms with van der Waals surface area (Å²) in [4.78, 5) is 20.2. The molecule has 30 heavy (non-hydrogen) atoms. The van der Waals surface area contributed by atoms with Gasteiger partial charge in [-0.05, 0) is 30.4 Å². The Hall–Kier alpha value is -2.39. The lowest BCUT2D eigenvalue weighted by Gasteiger charge is -2.22. The Kier molecular flexibility index (Phi) is 5.59. The first-order chi connectivity index (χ1) is 14.2. The Morgan fingerprint density at radius 2 is 1.83 bits per heavy atom. The molecule has 2 unspecified atom stereocenters. The highest BCUT2D eigenvalue weighted by Gasteiger charge is 2.46. The molecule has 1 aromatic heterocycles. The highest BCUT2D eigenvalue weighted by molar-refractivity contribution is 5.93. The first-order valence-corrected chi connectivity index (χ1v) is 10.1. The van der Waals surface area contributed by atoms with E-state index in [0.717, 1.165) is 31.6 Å². The third-order valence-electron chi connectivity index (χ3n) is 6.03. The molecule has 0 spiro atoms. The van der Waals surface area contributed by atoms with Gasteiger partial charge in [0, 0.05) is 39.1 Å². The number of aromatic nitrogens is 1. The van der Waals surface area contributed by atoms with Crippen molar-refractivity contribution < 1.29 is 22.4 Å². The van der Waals surface area contributed by atoms with Crippen LogP contribution in [-0.2, 0) is 6.18 Å². The van der Waals surface area contributed by atoms with E-state index in [2.05, 4.69) is 14.3 Å². The number of amides is 1. The third kappa shape index (κ3) is 4.22. The minimum Gasteiger partial charge on any atom is -0.436 e. The van der Waals surface area contributed by atoms with Gasteiger partial charge in [-0.1, -0.05) is 30.3 Å². The van der Waals surface area contributed by atoms with E-state index in [4.69, 9.17) is 5.73 Å². The summed E-state index contributed by atoms with van der Waals surface area (Å²) in [6.07, 6.45) is -3.91. The fraction of sp³-hybridized carbons (Fsp3) is 0.524. The molecule has 3 heterocycles. The number of hydrogen-bond donors (Lipinski definition) is 1. The van der Waals surface area contributed by atoms with Crippen molar-refractivity contribution in [2.75, 3.05) is 32.7 Å². The second-order valence-corrected chi connectivity index (χ2v) is 8.20. The number of nitrogens with two attached hydrogens (primary N) is 1. The second kappa shape index (κ2) is 8.03. The zero-order valence-electron chi connectivity index (χ0n) is 16.7. The van der Waals surface area contributed by atoms with Gasteiger partial charge in [0.15, 0.2) is 11.6 Å². The van der Waals surface area contributed by atoms with Gasteiger partial charge >= 0.3 is 6.18 Å². The number of oxazole rings is 1. The summed E-state index contributed by atoms with van der Waals surface area (Å²) in [6, 6.07) is 9.93. The summed E-state index contributed by atoms with van der Waals surface area (Å²) in [6.45, 7) is 4.68. The first kappa shape index (κ1) is 20.9. The van der Waals surface area contributed by atoms with Crippen LogP contribution in [0.4, 0.5) is 13.2 Å². The van der Waals surface area contributed by atoms with Crippen molar-refractivity contribution >= 4 is 5.91 Å². The number of rotatable bonds is 5. The van der Waals surface area contributed by atoms with E-state index in [9.17, 15) is 18.0 Å². The average molecular weight is 422 g/mol. The summed E-state index contributed by atoms with van der Waals surface area (Å²) < 4.78 is 44.1. The number of likely N-dealkylation sites (tertiary alicyclic amines) is 2. The quantitative estimate of drug-likeness (QED) is 0.802. The molecule has 1 amide bonds. The molecular formula is C21H25F3N4O2. The molecule has 2 aromatic rings. The van der Waals surface area contributed by atoms with E-state index in [0.29, 0.717) is 13.1 Å². The Morgan fingerprint density at radius 3 is 2.43 bits per heavy atom. The molecule has 0 aliphatic carbocycles. The fourth-order valence-electron chi connectivity index (χ4n) is 4.54. The van der Waals surface area contributed by atoms with Crippen molar-refractivity contribution in [1.29, 1.82) is 0 Å². The van der Waals surface area contributed by atoms with Gasteiger partial charge in [0.2, 0.25) is 5.76 Å². The van der Waals surface area contributed by atoms with Crippen molar-refractivity contribution in [1.82, 2.24) is 14.8 Å². The summed E-state index contributed by atoms with van der Waals surface area (Å²) >= 11 is 0. The number of carbonyl (C=O) groups is 1. The van der Waals surface area contributed by atoms with Crippen LogP contribution >= 0.6 is 0 Å². The monoisotopic (exact) mass is 422 g/mol. The van der Waals surface area contributed by atoms with E-state index >= 15 is 0 Å². The molecular weight excluding hydrogens is 397 g/mol. The van der Waals surface area contributed by atoms with Crippen molar-refractivity contribution in [3.8, 4) is 0 Å². The van der Waals surface area contributed by atoms with Gasteiger partial charge in [-0.2, -0.15) is 13.2 Å². The maximum atomic E-state index is 13.1. The first-order valence-electron chi connectivity index (χ1n) is 10.1. The largest absolute Gasteiger partial charge is 0.452 e. The van der Waals surface area contributed by atoms with Crippen LogP contribution < -0.4 is 5.73 Å². The molecule has 6 nitrogen and oxygen atoms in total. The maximum absolute atomic E-state index is 13.1. The third-order valence-corrected chi connectivity index (χ3v) is 6.03. The van der Waals surface area contributed by atoms with Crippen molar-refractivity contribution in [3.05, 3.63) is 53.2 Å². The molecule has 2 fully saturated rings. The van der Waals surface area contributed by atoms with Gasteiger partial charge in [0.25, 0.3) is 5.91 Å². The lowest BCUT2D eigenvalue weighted by molar-refractivity contribution is -0.153. The summed E-state index contributed by atoms with van der Waals surface area (Å²) in [5, 5.41) is 0. The number of aryl methyl sites for hydroxylation is 1. The average Bonchev–Trinajstić information content (AvgIpc) is 3.38. The number of carbonyl (C=O) groups excluding carboxylic acids is 1. The van der Waals surface area contributed by atoms with Crippen molar-refractivity contribution in [3.63, 3.8) is 0 Å². The van der Waals surface area contributed by atoms with Crippen molar-refractivity contribution in [2.24, 2.45) is 17.6 Å². The molecule has 0 saturated carbocycles. The Morgan fingerprint density at radius 1 is 1.20 bits per heavy atom. The van der Waals surface area contributed by atoms with Gasteiger partial charge in [-0.15, -0.1) is 0 Å². The van der Waals surface area contributed by atoms with E-state index in [1.165, 1.54) is 11.8 Å². The van der Waals surface area contributed by atoms with Crippen LogP contribution in [0.15, 0.2) is 34.7 Å². The lowest BCUT2D eigenvalue weighted by Crippen LogP contribution is -2.35. The highest BCUT2D eigenvalue weighted by atomic mass is 19.4. The second-order valence-electron chi connectivity index (χ2n) is 8.20. The highest BCUT2D eigenvalue weighted by Crippen LogP contribution is 2.36. The molecule has 4 rings (SSSR count). The van der Waals surface area contributed by atoms with Crippen LogP contribution in [0.25, 0.3) is 0 Å². The van der Waals surface area contributed by atoms with Gasteiger partial charge in [-0.25, -0.2) is 4.98 Å². The predicted molar refractivity (Wildman–Crippen MR) is 104 cm³/mol. The molecule has 1 aromatic carbocycles. The normalized spacial score (nSPS) is 23.0. The summed E-state index contributed by atoms with van der Waals surface area (Å²) in [5.74, 6) is -1.66. The van der Waals surface area contributed by atoms with Crippen LogP contribution in [0, 0.1) is 18.8 Å². The van der Waals surface area contributed by atoms with Crippen LogP contribution in [0.2, 0.25) is 0 Å². The molecule has 0 bridgehead atoms. The van der Waals surface area contributed by atoms with Crippen LogP contribution in [0.5, 0.6) is 0 Å². The van der Waals surface area contributed by atoms with Gasteiger partial charge in [0.1, 0.15) is 0 Å². The van der Waals surface area contributed by atoms with Gasteiger partial charge in [-0.3, -0.25) is 4.79 Å². The lowest BCUT2D eigenvalue weighted by atomic mass is 10.0. The predicted octanol–water partition coefficient (Wildman–Crippen LogP) is 3.10. The number of hydrogen-bond acceptors (Lipinski definition) is 5. The number of nitrogens with zero attached hydrogens (tertiary/aromatic N) is 3. The van der Waals surface area contributed by atoms with Gasteiger partial charge < -0.3 is 20.0 Å². The minimum absolute atomic E-state index is 0.0269. The fourth-order valence-corrected chi connectivity index (χ4v) is 4.54. The SMILES string of the molecule is Cc1nc(C(=O)N2CC3CN(CC[C@H](N)c4ccccc4)CC3C2)c(C(F)(F)F)o1. The van der Waals surface area contributed by atoms with Crippen LogP contribution in [0.1, 0.15) is 40.2 Å². The molecule has 162 valence electrons. The molecule has 2 aliphatic rings. The number of fused-ring (bicyclic) bond motifs is 1. The number of benzene rings is 1. The number of halogens is 3. The maximum Gasteiger partial charge on any atom is 0.452 e. The Labute approximate surface area is 172 Å². The van der Waals surface area contributed by atoms with Crippen LogP contribution in [-0.4, -0.2) is 53.4 Å². The zero-order chi connectivity index (χ0) is 21.5. The zero-order valence-corrected chi connectivity index (χ0v) is 16.7. The topological polar surface area (TPSA) is 75.6 Å². The molecule has 2 aliphatic heterocycles. The van der Waals surface area contributed by atoms with Gasteiger partial charge in [0.05, 0.1) is 0 Å². The summed E-state index contributed by atoms with van der Waals surface area (Å²) in [5.41, 5.74) is 6.75. The van der Waals surface area contributed by atoms with E-state index in [1.54, 1.807) is 0 Å². The Bertz CT molecular complexity index is 885. The smallest absolute Gasteiger partial charge is 0.436 e. The van der Waals surface area contributed by atoms with E-state index in [-0.39, 0.29) is 23.8 Å². The molecule has 3 atom stereocenters. The molecule has 9 heteroatoms. The van der Waals surface area contributed by atoms with E-state index < -0.39 is 23.5 Å². The minimum atomic E-state index is -4.74. The number of alkyl halides is 3.